The maximum atomic E-state index is 12.4. The van der Waals surface area contributed by atoms with Gasteiger partial charge in [0.05, 0.1) is 6.61 Å². The van der Waals surface area contributed by atoms with Gasteiger partial charge < -0.3 is 15.0 Å². The zero-order valence-corrected chi connectivity index (χ0v) is 13.5. The summed E-state index contributed by atoms with van der Waals surface area (Å²) >= 11 is 0. The Morgan fingerprint density at radius 2 is 2.18 bits per heavy atom. The molecular formula is C17H24N2O3. The second kappa shape index (κ2) is 5.54. The van der Waals surface area contributed by atoms with Crippen LogP contribution in [0.2, 0.25) is 0 Å². The van der Waals surface area contributed by atoms with Crippen molar-refractivity contribution in [1.82, 2.24) is 10.3 Å². The smallest absolute Gasteiger partial charge is 0.268 e. The Labute approximate surface area is 130 Å². The molecular weight excluding hydrogens is 280 g/mol. The monoisotopic (exact) mass is 304 g/mol. The number of ketones is 1. The molecule has 1 aromatic heterocycles. The molecule has 2 heterocycles. The highest BCUT2D eigenvalue weighted by Gasteiger charge is 2.35. The largest absolute Gasteiger partial charge is 0.381 e. The second-order valence-electron chi connectivity index (χ2n) is 7.36. The molecule has 1 fully saturated rings. The highest BCUT2D eigenvalue weighted by atomic mass is 16.5. The molecule has 120 valence electrons. The Balaban J connectivity index is 1.77. The number of nitrogens with one attached hydrogen (secondary N) is 2. The van der Waals surface area contributed by atoms with Crippen LogP contribution in [0.4, 0.5) is 0 Å². The van der Waals surface area contributed by atoms with Crippen molar-refractivity contribution in [2.75, 3.05) is 19.8 Å². The van der Waals surface area contributed by atoms with Crippen molar-refractivity contribution < 1.29 is 14.3 Å². The number of hydrogen-bond acceptors (Lipinski definition) is 3. The third-order valence-electron chi connectivity index (χ3n) is 4.70. The first-order valence-corrected chi connectivity index (χ1v) is 7.98. The molecule has 0 saturated carbocycles. The summed E-state index contributed by atoms with van der Waals surface area (Å²) in [6.45, 7) is 8.15. The van der Waals surface area contributed by atoms with E-state index in [9.17, 15) is 9.59 Å². The minimum absolute atomic E-state index is 0.0453. The molecule has 3 rings (SSSR count). The summed E-state index contributed by atoms with van der Waals surface area (Å²) in [7, 11) is 0. The lowest BCUT2D eigenvalue weighted by Gasteiger charge is -2.28. The molecule has 1 amide bonds. The van der Waals surface area contributed by atoms with Gasteiger partial charge in [-0.1, -0.05) is 13.8 Å². The highest BCUT2D eigenvalue weighted by Crippen LogP contribution is 2.36. The van der Waals surface area contributed by atoms with Crippen LogP contribution in [-0.4, -0.2) is 36.4 Å². The van der Waals surface area contributed by atoms with Gasteiger partial charge in [0, 0.05) is 36.7 Å². The van der Waals surface area contributed by atoms with Crippen molar-refractivity contribution in [2.24, 2.45) is 11.3 Å². The van der Waals surface area contributed by atoms with Crippen molar-refractivity contribution in [2.45, 2.75) is 40.0 Å². The molecule has 22 heavy (non-hydrogen) atoms. The van der Waals surface area contributed by atoms with Gasteiger partial charge >= 0.3 is 0 Å². The molecule has 2 N–H and O–H groups in total. The molecule has 1 aliphatic heterocycles. The fraction of sp³-hybridized carbons (Fsp3) is 0.647. The number of carbonyl (C=O) groups excluding carboxylic acids is 2. The topological polar surface area (TPSA) is 71.2 Å². The number of aromatic nitrogens is 1. The summed E-state index contributed by atoms with van der Waals surface area (Å²) in [5.74, 6) is 0.419. The summed E-state index contributed by atoms with van der Waals surface area (Å²) in [5, 5.41) is 2.96. The maximum absolute atomic E-state index is 12.4. The first kappa shape index (κ1) is 15.3. The number of ether oxygens (including phenoxy) is 1. The molecule has 2 aliphatic rings. The summed E-state index contributed by atoms with van der Waals surface area (Å²) in [6.07, 6.45) is 2.34. The quantitative estimate of drug-likeness (QED) is 0.899. The van der Waals surface area contributed by atoms with Crippen molar-refractivity contribution >= 4 is 11.7 Å². The van der Waals surface area contributed by atoms with Crippen LogP contribution in [0.15, 0.2) is 0 Å². The van der Waals surface area contributed by atoms with Crippen LogP contribution in [-0.2, 0) is 11.2 Å². The van der Waals surface area contributed by atoms with Gasteiger partial charge in [-0.2, -0.15) is 0 Å². The third kappa shape index (κ3) is 2.82. The van der Waals surface area contributed by atoms with E-state index in [1.807, 2.05) is 6.92 Å². The van der Waals surface area contributed by atoms with E-state index in [4.69, 9.17) is 4.74 Å². The number of carbonyl (C=O) groups is 2. The predicted octanol–water partition coefficient (Wildman–Crippen LogP) is 2.24. The Kier molecular flexibility index (Phi) is 3.85. The van der Waals surface area contributed by atoms with Gasteiger partial charge in [0.25, 0.3) is 5.91 Å². The normalized spacial score (nSPS) is 23.4. The van der Waals surface area contributed by atoms with Gasteiger partial charge in [-0.3, -0.25) is 9.59 Å². The average Bonchev–Trinajstić information content (AvgIpc) is 3.02. The molecule has 1 aliphatic carbocycles. The fourth-order valence-electron chi connectivity index (χ4n) is 3.53. The van der Waals surface area contributed by atoms with Crippen molar-refractivity contribution in [3.05, 3.63) is 22.5 Å². The van der Waals surface area contributed by atoms with E-state index in [1.165, 1.54) is 0 Å². The van der Waals surface area contributed by atoms with E-state index in [0.29, 0.717) is 31.2 Å². The number of amides is 1. The maximum Gasteiger partial charge on any atom is 0.268 e. The zero-order valence-electron chi connectivity index (χ0n) is 13.5. The number of H-pyrrole nitrogens is 1. The van der Waals surface area contributed by atoms with Crippen LogP contribution in [0.5, 0.6) is 0 Å². The minimum atomic E-state index is -0.121. The molecule has 0 unspecified atom stereocenters. The van der Waals surface area contributed by atoms with E-state index in [2.05, 4.69) is 24.1 Å². The van der Waals surface area contributed by atoms with Crippen LogP contribution in [0, 0.1) is 18.3 Å². The van der Waals surface area contributed by atoms with Gasteiger partial charge in [0.2, 0.25) is 0 Å². The van der Waals surface area contributed by atoms with Gasteiger partial charge in [0.1, 0.15) is 5.69 Å². The van der Waals surface area contributed by atoms with E-state index >= 15 is 0 Å². The molecule has 1 saturated heterocycles. The molecule has 1 atom stereocenters. The first-order chi connectivity index (χ1) is 10.4. The van der Waals surface area contributed by atoms with E-state index in [0.717, 1.165) is 36.3 Å². The number of rotatable bonds is 3. The fourth-order valence-corrected chi connectivity index (χ4v) is 3.53. The molecule has 1 aromatic rings. The molecule has 0 radical (unpaired) electrons. The van der Waals surface area contributed by atoms with Gasteiger partial charge in [0.15, 0.2) is 5.78 Å². The lowest BCUT2D eigenvalue weighted by atomic mass is 9.75. The van der Waals surface area contributed by atoms with Gasteiger partial charge in [-0.05, 0) is 30.7 Å². The zero-order chi connectivity index (χ0) is 15.9. The summed E-state index contributed by atoms with van der Waals surface area (Å²) in [5.41, 5.74) is 2.92. The first-order valence-electron chi connectivity index (χ1n) is 7.98. The second-order valence-corrected chi connectivity index (χ2v) is 7.36. The Morgan fingerprint density at radius 3 is 2.86 bits per heavy atom. The standard InChI is InChI=1S/C17H24N2O3/c1-10-14-12(6-17(2,3)7-13(14)20)19-15(10)16(21)18-8-11-4-5-22-9-11/h11,19H,4-9H2,1-3H3,(H,18,21)/t11-/m1/s1. The lowest BCUT2D eigenvalue weighted by Crippen LogP contribution is -2.30. The molecule has 0 spiro atoms. The van der Waals surface area contributed by atoms with E-state index in [-0.39, 0.29) is 17.1 Å². The van der Waals surface area contributed by atoms with Crippen LogP contribution < -0.4 is 5.32 Å². The Hall–Kier alpha value is -1.62. The van der Waals surface area contributed by atoms with Crippen molar-refractivity contribution in [3.63, 3.8) is 0 Å². The number of hydrogen-bond donors (Lipinski definition) is 2. The number of fused-ring (bicyclic) bond motifs is 1. The van der Waals surface area contributed by atoms with E-state index < -0.39 is 0 Å². The Bertz CT molecular complexity index is 610. The summed E-state index contributed by atoms with van der Waals surface area (Å²) in [6, 6.07) is 0. The van der Waals surface area contributed by atoms with Crippen LogP contribution in [0.25, 0.3) is 0 Å². The van der Waals surface area contributed by atoms with Gasteiger partial charge in [-0.25, -0.2) is 0 Å². The third-order valence-corrected chi connectivity index (χ3v) is 4.70. The molecule has 0 aromatic carbocycles. The average molecular weight is 304 g/mol. The molecule has 0 bridgehead atoms. The van der Waals surface area contributed by atoms with Gasteiger partial charge in [-0.15, -0.1) is 0 Å². The number of Topliss-reactive ketones (excluding diaryl/α,β-unsaturated/α-hetero) is 1. The van der Waals surface area contributed by atoms with Crippen molar-refractivity contribution in [3.8, 4) is 0 Å². The minimum Gasteiger partial charge on any atom is -0.381 e. The lowest BCUT2D eigenvalue weighted by molar-refractivity contribution is 0.0909. The van der Waals surface area contributed by atoms with Crippen LogP contribution in [0.3, 0.4) is 0 Å². The van der Waals surface area contributed by atoms with E-state index in [1.54, 1.807) is 0 Å². The summed E-state index contributed by atoms with van der Waals surface area (Å²) in [4.78, 5) is 28.0. The molecule has 5 nitrogen and oxygen atoms in total. The highest BCUT2D eigenvalue weighted by molar-refractivity contribution is 6.04. The number of aromatic amines is 1. The predicted molar refractivity (Wildman–Crippen MR) is 83.2 cm³/mol. The van der Waals surface area contributed by atoms with Crippen molar-refractivity contribution in [1.29, 1.82) is 0 Å². The van der Waals surface area contributed by atoms with Crippen LogP contribution >= 0.6 is 0 Å². The summed E-state index contributed by atoms with van der Waals surface area (Å²) < 4.78 is 5.32. The molecule has 5 heteroatoms. The SMILES string of the molecule is Cc1c(C(=O)NC[C@H]2CCOC2)[nH]c2c1C(=O)CC(C)(C)C2. The Morgan fingerprint density at radius 1 is 1.41 bits per heavy atom. The van der Waals surface area contributed by atoms with Crippen LogP contribution in [0.1, 0.15) is 58.8 Å².